The van der Waals surface area contributed by atoms with Gasteiger partial charge in [0.05, 0.1) is 0 Å². The van der Waals surface area contributed by atoms with Crippen LogP contribution in [0.1, 0.15) is 26.7 Å². The minimum Gasteiger partial charge on any atom is -0.480 e. The maximum Gasteiger partial charge on any atom is 0.323 e. The predicted octanol–water partition coefficient (Wildman–Crippen LogP) is -1.69. The first-order chi connectivity index (χ1) is 11.9. The van der Waals surface area contributed by atoms with Crippen LogP contribution in [0.2, 0.25) is 0 Å². The van der Waals surface area contributed by atoms with Gasteiger partial charge in [0.15, 0.2) is 0 Å². The van der Waals surface area contributed by atoms with Gasteiger partial charge in [0, 0.05) is 26.0 Å². The first kappa shape index (κ1) is 23.5. The molecule has 0 unspecified atom stereocenters. The molecular formula is C14H21N3O8S. The van der Waals surface area contributed by atoms with E-state index in [0.717, 1.165) is 13.8 Å². The lowest BCUT2D eigenvalue weighted by Crippen LogP contribution is -2.55. The smallest absolute Gasteiger partial charge is 0.323 e. The Kier molecular flexibility index (Phi) is 9.51. The van der Waals surface area contributed by atoms with Crippen LogP contribution in [0.3, 0.4) is 0 Å². The molecule has 0 aliphatic carbocycles. The van der Waals surface area contributed by atoms with Crippen LogP contribution in [0.5, 0.6) is 0 Å². The molecular weight excluding hydrogens is 370 g/mol. The molecule has 0 aromatic carbocycles. The third-order valence-electron chi connectivity index (χ3n) is 3.30. The number of nitrogens with two attached hydrogens (primary N) is 1. The van der Waals surface area contributed by atoms with E-state index in [1.807, 2.05) is 0 Å². The maximum absolute atomic E-state index is 12.5. The topological polar surface area (TPSA) is 175 Å². The first-order valence-corrected chi connectivity index (χ1v) is 8.02. The highest BCUT2D eigenvalue weighted by Crippen LogP contribution is 2.12. The number of rotatable bonds is 9. The fraction of sp³-hybridized carbons (Fsp3) is 0.571. The van der Waals surface area contributed by atoms with E-state index in [4.69, 9.17) is 15.9 Å². The van der Waals surface area contributed by atoms with Crippen molar-refractivity contribution in [3.63, 3.8) is 0 Å². The molecule has 0 heterocycles. The van der Waals surface area contributed by atoms with Crippen LogP contribution in [-0.2, 0) is 28.8 Å². The summed E-state index contributed by atoms with van der Waals surface area (Å²) in [4.78, 5) is 70.6. The minimum absolute atomic E-state index is 0.281. The fourth-order valence-corrected chi connectivity index (χ4v) is 2.34. The number of thiol groups is 1. The van der Waals surface area contributed by atoms with E-state index in [1.54, 1.807) is 0 Å². The van der Waals surface area contributed by atoms with Crippen molar-refractivity contribution in [2.75, 3.05) is 12.3 Å². The minimum atomic E-state index is -1.52. The van der Waals surface area contributed by atoms with Crippen LogP contribution in [0.25, 0.3) is 0 Å². The van der Waals surface area contributed by atoms with Crippen molar-refractivity contribution < 1.29 is 39.0 Å². The molecule has 2 atom stereocenters. The molecule has 11 nitrogen and oxygen atoms in total. The lowest BCUT2D eigenvalue weighted by Gasteiger charge is -2.30. The largest absolute Gasteiger partial charge is 0.480 e. The zero-order valence-electron chi connectivity index (χ0n) is 14.2. The van der Waals surface area contributed by atoms with Crippen molar-refractivity contribution in [2.24, 2.45) is 5.73 Å². The number of nitrogens with zero attached hydrogens (tertiary/aromatic N) is 2. The molecule has 4 N–H and O–H groups in total. The highest BCUT2D eigenvalue weighted by Gasteiger charge is 2.36. The van der Waals surface area contributed by atoms with Gasteiger partial charge in [-0.3, -0.25) is 38.6 Å². The van der Waals surface area contributed by atoms with Crippen LogP contribution in [-0.4, -0.2) is 80.0 Å². The SMILES string of the molecule is CC(=O)N(CC(=O)O)C(=O)[C@H](CS)N(C(C)=O)C(=O)CC[C@@H](N)C(=O)O. The summed E-state index contributed by atoms with van der Waals surface area (Å²) in [7, 11) is 0. The maximum atomic E-state index is 12.5. The molecule has 0 aromatic rings. The van der Waals surface area contributed by atoms with Gasteiger partial charge in [-0.05, 0) is 6.42 Å². The zero-order chi connectivity index (χ0) is 20.6. The van der Waals surface area contributed by atoms with E-state index in [1.165, 1.54) is 0 Å². The third-order valence-corrected chi connectivity index (χ3v) is 3.65. The highest BCUT2D eigenvalue weighted by atomic mass is 32.1. The summed E-state index contributed by atoms with van der Waals surface area (Å²) in [6.45, 7) is 1.01. The fourth-order valence-electron chi connectivity index (χ4n) is 2.02. The Bertz CT molecular complexity index is 609. The number of aliphatic carboxylic acids is 2. The van der Waals surface area contributed by atoms with Crippen molar-refractivity contribution in [2.45, 2.75) is 38.8 Å². The molecule has 0 aromatic heterocycles. The lowest BCUT2D eigenvalue weighted by atomic mass is 10.1. The Balaban J connectivity index is 5.51. The lowest BCUT2D eigenvalue weighted by molar-refractivity contribution is -0.159. The Hall–Kier alpha value is -2.47. The summed E-state index contributed by atoms with van der Waals surface area (Å²) < 4.78 is 0. The van der Waals surface area contributed by atoms with E-state index < -0.39 is 60.6 Å². The molecule has 0 saturated heterocycles. The van der Waals surface area contributed by atoms with Crippen LogP contribution < -0.4 is 5.73 Å². The van der Waals surface area contributed by atoms with Gasteiger partial charge in [0.1, 0.15) is 18.6 Å². The molecule has 0 aliphatic rings. The first-order valence-electron chi connectivity index (χ1n) is 7.39. The predicted molar refractivity (Wildman–Crippen MR) is 90.0 cm³/mol. The number of hydrogen-bond acceptors (Lipinski definition) is 8. The van der Waals surface area contributed by atoms with Gasteiger partial charge in [-0.2, -0.15) is 12.6 Å². The molecule has 0 radical (unpaired) electrons. The summed E-state index contributed by atoms with van der Waals surface area (Å²) in [5.74, 6) is -6.85. The molecule has 0 bridgehead atoms. The van der Waals surface area contributed by atoms with Crippen LogP contribution in [0, 0.1) is 0 Å². The number of carboxylic acid groups (broad SMARTS) is 2. The number of carboxylic acids is 2. The number of amides is 4. The van der Waals surface area contributed by atoms with Gasteiger partial charge in [0.25, 0.3) is 5.91 Å². The molecule has 0 rings (SSSR count). The van der Waals surface area contributed by atoms with Gasteiger partial charge in [-0.25, -0.2) is 0 Å². The standard InChI is InChI=1S/C14H21N3O8S/c1-7(18)16(5-12(21)22)13(23)10(6-26)17(8(2)19)11(20)4-3-9(15)14(24)25/h9-10,26H,3-6,15H2,1-2H3,(H,21,22)(H,24,25)/t9-,10+/m1/s1. The summed E-state index contributed by atoms with van der Waals surface area (Å²) in [5, 5.41) is 17.5. The Morgan fingerprint density at radius 3 is 1.92 bits per heavy atom. The second-order valence-corrected chi connectivity index (χ2v) is 5.67. The van der Waals surface area contributed by atoms with Gasteiger partial charge in [-0.15, -0.1) is 0 Å². The van der Waals surface area contributed by atoms with Crippen LogP contribution >= 0.6 is 12.6 Å². The van der Waals surface area contributed by atoms with E-state index in [2.05, 4.69) is 12.6 Å². The van der Waals surface area contributed by atoms with Crippen molar-refractivity contribution >= 4 is 48.2 Å². The van der Waals surface area contributed by atoms with Crippen LogP contribution in [0.15, 0.2) is 0 Å². The molecule has 0 aliphatic heterocycles. The molecule has 146 valence electrons. The zero-order valence-corrected chi connectivity index (χ0v) is 15.1. The van der Waals surface area contributed by atoms with Crippen molar-refractivity contribution in [1.29, 1.82) is 0 Å². The Morgan fingerprint density at radius 1 is 1.04 bits per heavy atom. The van der Waals surface area contributed by atoms with Crippen molar-refractivity contribution in [1.82, 2.24) is 9.80 Å². The summed E-state index contributed by atoms with van der Waals surface area (Å²) >= 11 is 3.91. The number of imide groups is 2. The van der Waals surface area contributed by atoms with Gasteiger partial charge < -0.3 is 15.9 Å². The monoisotopic (exact) mass is 391 g/mol. The van der Waals surface area contributed by atoms with Crippen molar-refractivity contribution in [3.8, 4) is 0 Å². The molecule has 0 saturated carbocycles. The number of carbonyl (C=O) groups is 6. The molecule has 0 spiro atoms. The summed E-state index contributed by atoms with van der Waals surface area (Å²) in [6.07, 6.45) is -0.722. The van der Waals surface area contributed by atoms with Gasteiger partial charge in [-0.1, -0.05) is 0 Å². The molecule has 0 fully saturated rings. The van der Waals surface area contributed by atoms with Gasteiger partial charge in [0.2, 0.25) is 17.7 Å². The van der Waals surface area contributed by atoms with Crippen molar-refractivity contribution in [3.05, 3.63) is 0 Å². The Labute approximate surface area is 154 Å². The van der Waals surface area contributed by atoms with Gasteiger partial charge >= 0.3 is 11.9 Å². The average Bonchev–Trinajstić information content (AvgIpc) is 2.53. The second kappa shape index (κ2) is 10.5. The normalized spacial score (nSPS) is 12.6. The summed E-state index contributed by atoms with van der Waals surface area (Å²) in [6, 6.07) is -2.86. The van der Waals surface area contributed by atoms with Crippen LogP contribution in [0.4, 0.5) is 0 Å². The van der Waals surface area contributed by atoms with E-state index in [-0.39, 0.29) is 12.2 Å². The molecule has 12 heteroatoms. The average molecular weight is 391 g/mol. The molecule has 26 heavy (non-hydrogen) atoms. The molecule has 4 amide bonds. The summed E-state index contributed by atoms with van der Waals surface area (Å²) in [5.41, 5.74) is 5.30. The van der Waals surface area contributed by atoms with E-state index >= 15 is 0 Å². The number of hydrogen-bond donors (Lipinski definition) is 4. The Morgan fingerprint density at radius 2 is 1.58 bits per heavy atom. The second-order valence-electron chi connectivity index (χ2n) is 5.30. The quantitative estimate of drug-likeness (QED) is 0.334. The van der Waals surface area contributed by atoms with E-state index in [0.29, 0.717) is 9.80 Å². The highest BCUT2D eigenvalue weighted by molar-refractivity contribution is 7.80. The van der Waals surface area contributed by atoms with E-state index in [9.17, 15) is 28.8 Å². The number of carbonyl (C=O) groups excluding carboxylic acids is 4. The third kappa shape index (κ3) is 6.80.